The lowest BCUT2D eigenvalue weighted by Gasteiger charge is -2.29. The number of para-hydroxylation sites is 1. The van der Waals surface area contributed by atoms with Crippen LogP contribution in [0.15, 0.2) is 48.5 Å². The van der Waals surface area contributed by atoms with E-state index in [1.807, 2.05) is 27.7 Å². The van der Waals surface area contributed by atoms with Crippen molar-refractivity contribution >= 4 is 24.4 Å². The van der Waals surface area contributed by atoms with E-state index in [9.17, 15) is 19.2 Å². The van der Waals surface area contributed by atoms with Crippen LogP contribution in [0.25, 0.3) is 0 Å². The average Bonchev–Trinajstić information content (AvgIpc) is 2.92. The van der Waals surface area contributed by atoms with Crippen LogP contribution >= 0.6 is 0 Å². The summed E-state index contributed by atoms with van der Waals surface area (Å²) in [7, 11) is 1.18. The lowest BCUT2D eigenvalue weighted by atomic mass is 9.86. The summed E-state index contributed by atoms with van der Waals surface area (Å²) >= 11 is 0. The standard InChI is InChI=1S/C30H39NO11/c1-19(2)17-37-27(33)41-24-13-12-22(14-25(24)42-28(34)38-18-20(3)4)16-30(31,26(32)36-6)15-21(5)39-29(35)40-23-10-8-7-9-11-23/h7-14,19-21H,15-18,31H2,1-6H3/t21?,30-/m1/s1. The lowest BCUT2D eigenvalue weighted by Crippen LogP contribution is -2.53. The van der Waals surface area contributed by atoms with Gasteiger partial charge >= 0.3 is 24.4 Å². The normalized spacial score (nSPS) is 13.0. The molecule has 2 aromatic carbocycles. The van der Waals surface area contributed by atoms with Crippen LogP contribution in [0.5, 0.6) is 17.2 Å². The minimum atomic E-state index is -1.67. The quantitative estimate of drug-likeness (QED) is 0.179. The first-order valence-electron chi connectivity index (χ1n) is 13.4. The van der Waals surface area contributed by atoms with Crippen LogP contribution in [-0.4, -0.2) is 56.4 Å². The average molecular weight is 590 g/mol. The van der Waals surface area contributed by atoms with E-state index in [0.717, 1.165) is 0 Å². The van der Waals surface area contributed by atoms with Gasteiger partial charge in [-0.25, -0.2) is 14.4 Å². The molecule has 2 aromatic rings. The summed E-state index contributed by atoms with van der Waals surface area (Å²) in [5, 5.41) is 0. The first kappa shape index (κ1) is 33.9. The van der Waals surface area contributed by atoms with Crippen LogP contribution < -0.4 is 19.9 Å². The molecule has 0 amide bonds. The molecule has 0 aliphatic rings. The van der Waals surface area contributed by atoms with Gasteiger partial charge in [0.15, 0.2) is 11.5 Å². The highest BCUT2D eigenvalue weighted by molar-refractivity contribution is 5.81. The van der Waals surface area contributed by atoms with Gasteiger partial charge in [-0.1, -0.05) is 52.0 Å². The van der Waals surface area contributed by atoms with Gasteiger partial charge in [-0.3, -0.25) is 4.79 Å². The Morgan fingerprint density at radius 1 is 0.762 bits per heavy atom. The zero-order chi connectivity index (χ0) is 31.3. The molecule has 0 saturated carbocycles. The summed E-state index contributed by atoms with van der Waals surface area (Å²) in [5.74, 6) is -0.634. The van der Waals surface area contributed by atoms with E-state index in [1.54, 1.807) is 37.3 Å². The third-order valence-electron chi connectivity index (χ3n) is 5.47. The van der Waals surface area contributed by atoms with Gasteiger partial charge in [-0.2, -0.15) is 0 Å². The molecule has 0 fully saturated rings. The minimum Gasteiger partial charge on any atom is -0.468 e. The molecule has 0 bridgehead atoms. The Morgan fingerprint density at radius 3 is 1.88 bits per heavy atom. The number of hydrogen-bond acceptors (Lipinski definition) is 12. The number of carbonyl (C=O) groups excluding carboxylic acids is 4. The Hall–Kier alpha value is -4.32. The van der Waals surface area contributed by atoms with Crippen molar-refractivity contribution in [2.45, 2.75) is 59.1 Å². The molecule has 0 aliphatic heterocycles. The maximum atomic E-state index is 12.8. The largest absolute Gasteiger partial charge is 0.514 e. The summed E-state index contributed by atoms with van der Waals surface area (Å²) in [6.07, 6.45) is -4.11. The molecule has 42 heavy (non-hydrogen) atoms. The second-order valence-electron chi connectivity index (χ2n) is 10.5. The van der Waals surface area contributed by atoms with Crippen LogP contribution in [0.3, 0.4) is 0 Å². The van der Waals surface area contributed by atoms with Gasteiger partial charge in [0.05, 0.1) is 20.3 Å². The molecule has 2 N–H and O–H groups in total. The number of esters is 1. The molecule has 0 aromatic heterocycles. The van der Waals surface area contributed by atoms with Crippen molar-refractivity contribution in [3.63, 3.8) is 0 Å². The first-order chi connectivity index (χ1) is 19.8. The summed E-state index contributed by atoms with van der Waals surface area (Å²) in [5.41, 5.74) is 5.23. The van der Waals surface area contributed by atoms with Crippen molar-refractivity contribution in [1.29, 1.82) is 0 Å². The van der Waals surface area contributed by atoms with E-state index in [0.29, 0.717) is 5.56 Å². The number of benzene rings is 2. The molecule has 1 unspecified atom stereocenters. The highest BCUT2D eigenvalue weighted by Crippen LogP contribution is 2.32. The fraction of sp³-hybridized carbons (Fsp3) is 0.467. The third-order valence-corrected chi connectivity index (χ3v) is 5.47. The number of methoxy groups -OCH3 is 1. The zero-order valence-corrected chi connectivity index (χ0v) is 24.7. The van der Waals surface area contributed by atoms with E-state index in [-0.39, 0.29) is 55.1 Å². The molecule has 230 valence electrons. The van der Waals surface area contributed by atoms with Crippen molar-refractivity contribution in [2.75, 3.05) is 20.3 Å². The predicted octanol–water partition coefficient (Wildman–Crippen LogP) is 5.44. The van der Waals surface area contributed by atoms with Crippen LogP contribution in [0.2, 0.25) is 0 Å². The SMILES string of the molecule is COC(=O)[C@](N)(Cc1ccc(OC(=O)OCC(C)C)c(OC(=O)OCC(C)C)c1)CC(C)OC(=O)Oc1ccccc1. The number of nitrogens with two attached hydrogens (primary N) is 1. The summed E-state index contributed by atoms with van der Waals surface area (Å²) < 4.78 is 36.1. The lowest BCUT2D eigenvalue weighted by molar-refractivity contribution is -0.148. The van der Waals surface area contributed by atoms with Gasteiger partial charge in [0.25, 0.3) is 0 Å². The monoisotopic (exact) mass is 589 g/mol. The number of rotatable bonds is 13. The van der Waals surface area contributed by atoms with Gasteiger partial charge in [0.2, 0.25) is 0 Å². The Bertz CT molecular complexity index is 1200. The third kappa shape index (κ3) is 11.7. The maximum absolute atomic E-state index is 12.8. The van der Waals surface area contributed by atoms with Crippen molar-refractivity contribution in [3.8, 4) is 17.2 Å². The predicted molar refractivity (Wildman–Crippen MR) is 150 cm³/mol. The zero-order valence-electron chi connectivity index (χ0n) is 24.7. The topological polar surface area (TPSA) is 159 Å². The molecule has 12 nitrogen and oxygen atoms in total. The highest BCUT2D eigenvalue weighted by Gasteiger charge is 2.38. The molecule has 12 heteroatoms. The van der Waals surface area contributed by atoms with Crippen LogP contribution in [0.4, 0.5) is 14.4 Å². The Morgan fingerprint density at radius 2 is 1.33 bits per heavy atom. The number of carbonyl (C=O) groups is 4. The van der Waals surface area contributed by atoms with E-state index in [1.165, 1.54) is 25.3 Å². The Labute approximate surface area is 245 Å². The molecule has 0 spiro atoms. The van der Waals surface area contributed by atoms with E-state index in [2.05, 4.69) is 0 Å². The number of hydrogen-bond donors (Lipinski definition) is 1. The van der Waals surface area contributed by atoms with E-state index in [4.69, 9.17) is 38.9 Å². The van der Waals surface area contributed by atoms with Crippen LogP contribution in [-0.2, 0) is 30.2 Å². The second-order valence-corrected chi connectivity index (χ2v) is 10.5. The molecule has 2 atom stereocenters. The number of ether oxygens (including phenoxy) is 7. The smallest absolute Gasteiger partial charge is 0.468 e. The van der Waals surface area contributed by atoms with Crippen LogP contribution in [0, 0.1) is 11.8 Å². The second kappa shape index (κ2) is 16.2. The fourth-order valence-electron chi connectivity index (χ4n) is 3.66. The molecular weight excluding hydrogens is 550 g/mol. The minimum absolute atomic E-state index is 0.0534. The van der Waals surface area contributed by atoms with Crippen molar-refractivity contribution in [3.05, 3.63) is 54.1 Å². The summed E-state index contributed by atoms with van der Waals surface area (Å²) in [6, 6.07) is 12.6. The Kier molecular flexibility index (Phi) is 13.1. The summed E-state index contributed by atoms with van der Waals surface area (Å²) in [6.45, 7) is 9.21. The molecule has 2 rings (SSSR count). The molecule has 0 heterocycles. The fourth-order valence-corrected chi connectivity index (χ4v) is 3.66. The first-order valence-corrected chi connectivity index (χ1v) is 13.4. The van der Waals surface area contributed by atoms with E-state index < -0.39 is 36.1 Å². The van der Waals surface area contributed by atoms with Gasteiger partial charge in [0, 0.05) is 12.8 Å². The molecular formula is C30H39NO11. The molecule has 0 radical (unpaired) electrons. The molecule has 0 saturated heterocycles. The van der Waals surface area contributed by atoms with Crippen molar-refractivity contribution < 1.29 is 52.3 Å². The van der Waals surface area contributed by atoms with Gasteiger partial charge in [0.1, 0.15) is 17.4 Å². The van der Waals surface area contributed by atoms with Crippen molar-refractivity contribution in [1.82, 2.24) is 0 Å². The Balaban J connectivity index is 2.24. The van der Waals surface area contributed by atoms with Gasteiger partial charge < -0.3 is 38.9 Å². The van der Waals surface area contributed by atoms with Gasteiger partial charge in [-0.05, 0) is 48.6 Å². The molecule has 0 aliphatic carbocycles. The van der Waals surface area contributed by atoms with Crippen molar-refractivity contribution in [2.24, 2.45) is 17.6 Å². The maximum Gasteiger partial charge on any atom is 0.514 e. The van der Waals surface area contributed by atoms with Crippen LogP contribution in [0.1, 0.15) is 46.6 Å². The van der Waals surface area contributed by atoms with Gasteiger partial charge in [-0.15, -0.1) is 0 Å². The van der Waals surface area contributed by atoms with E-state index >= 15 is 0 Å². The highest BCUT2D eigenvalue weighted by atomic mass is 16.7. The summed E-state index contributed by atoms with van der Waals surface area (Å²) in [4.78, 5) is 49.5.